The molecule has 0 amide bonds. The summed E-state index contributed by atoms with van der Waals surface area (Å²) in [5, 5.41) is 27.7. The predicted octanol–water partition coefficient (Wildman–Crippen LogP) is 0.554. The summed E-state index contributed by atoms with van der Waals surface area (Å²) in [5.74, 6) is -1.84. The molecule has 2 N–H and O–H groups in total. The summed E-state index contributed by atoms with van der Waals surface area (Å²) in [4.78, 5) is 28.8. The maximum atomic E-state index is 15.1. The number of ether oxygens (including phenoxy) is 2. The highest BCUT2D eigenvalue weighted by atomic mass is 35.5. The van der Waals surface area contributed by atoms with E-state index in [0.29, 0.717) is 30.9 Å². The van der Waals surface area contributed by atoms with Crippen LogP contribution in [0.3, 0.4) is 0 Å². The van der Waals surface area contributed by atoms with Crippen LogP contribution in [0.4, 0.5) is 20.2 Å². The molecule has 14 nitrogen and oxygen atoms in total. The van der Waals surface area contributed by atoms with Gasteiger partial charge in [-0.05, 0) is 74.4 Å². The van der Waals surface area contributed by atoms with Crippen molar-refractivity contribution in [2.24, 2.45) is 5.92 Å². The lowest BCUT2D eigenvalue weighted by Crippen LogP contribution is -3.00. The normalized spacial score (nSPS) is 19.4. The first kappa shape index (κ1) is 40.3. The lowest BCUT2D eigenvalue weighted by molar-refractivity contribution is -0.686. The van der Waals surface area contributed by atoms with Crippen molar-refractivity contribution in [3.8, 4) is 11.4 Å². The molecule has 0 radical (unpaired) electrons. The molecule has 17 heteroatoms. The Kier molecular flexibility index (Phi) is 12.4. The van der Waals surface area contributed by atoms with E-state index in [1.54, 1.807) is 6.92 Å². The van der Waals surface area contributed by atoms with E-state index >= 15 is 4.39 Å². The monoisotopic (exact) mass is 794 g/mol. The third-order valence-electron chi connectivity index (χ3n) is 10.4. The van der Waals surface area contributed by atoms with E-state index in [9.17, 15) is 19.1 Å². The molecule has 2 aliphatic rings. The second-order valence-corrected chi connectivity index (χ2v) is 14.2. The fraction of sp³-hybridized carbons (Fsp3) is 0.410. The molecular formula is C39H45ClF2N8O6. The number of nitrogens with zero attached hydrogens (tertiary/aromatic N) is 8. The first-order valence-electron chi connectivity index (χ1n) is 18.4. The van der Waals surface area contributed by atoms with Gasteiger partial charge in [0.1, 0.15) is 35.9 Å². The van der Waals surface area contributed by atoms with E-state index in [1.807, 2.05) is 55.5 Å². The van der Waals surface area contributed by atoms with Crippen molar-refractivity contribution in [3.63, 3.8) is 0 Å². The van der Waals surface area contributed by atoms with Crippen LogP contribution in [0.25, 0.3) is 5.69 Å². The Morgan fingerprint density at radius 2 is 1.64 bits per heavy atom. The topological polar surface area (TPSA) is 144 Å². The fourth-order valence-corrected chi connectivity index (χ4v) is 7.61. The van der Waals surface area contributed by atoms with Crippen LogP contribution >= 0.6 is 0 Å². The number of carboxylic acid groups (broad SMARTS) is 1. The predicted molar refractivity (Wildman–Crippen MR) is 197 cm³/mol. The van der Waals surface area contributed by atoms with Crippen molar-refractivity contribution in [1.82, 2.24) is 24.1 Å². The highest BCUT2D eigenvalue weighted by Gasteiger charge is 2.46. The van der Waals surface area contributed by atoms with Gasteiger partial charge in [-0.25, -0.2) is 32.2 Å². The van der Waals surface area contributed by atoms with Crippen molar-refractivity contribution < 1.29 is 50.2 Å². The van der Waals surface area contributed by atoms with E-state index < -0.39 is 29.3 Å². The number of aliphatic hydroxyl groups excluding tert-OH is 1. The van der Waals surface area contributed by atoms with Crippen molar-refractivity contribution in [2.45, 2.75) is 57.5 Å². The van der Waals surface area contributed by atoms with Gasteiger partial charge in [0, 0.05) is 60.2 Å². The van der Waals surface area contributed by atoms with Gasteiger partial charge in [0.05, 0.1) is 31.0 Å². The molecule has 0 saturated carbocycles. The van der Waals surface area contributed by atoms with E-state index in [2.05, 4.69) is 20.0 Å². The fourth-order valence-electron chi connectivity index (χ4n) is 7.61. The number of carbonyl (C=O) groups is 1. The van der Waals surface area contributed by atoms with E-state index in [1.165, 1.54) is 49.6 Å². The van der Waals surface area contributed by atoms with E-state index in [4.69, 9.17) is 14.6 Å². The van der Waals surface area contributed by atoms with Gasteiger partial charge in [-0.3, -0.25) is 0 Å². The molecule has 0 unspecified atom stereocenters. The average Bonchev–Trinajstić information content (AvgIpc) is 3.90. The SMILES string of the molecule is CC[C@@H]([C@H](C)O)n1ncn(-c2ccc(N3CCN(c4ccc(OC[C@@H]5CO[C@@](Cn6c[n+](CC(=O)O)cn6)(c6ccc(F)cc6F)C5)cc4)CC3)cc2)c1=O.[Cl-]. The molecule has 298 valence electrons. The number of carboxylic acids is 1. The number of halogens is 3. The Hall–Kier alpha value is -5.32. The van der Waals surface area contributed by atoms with Gasteiger partial charge in [-0.15, -0.1) is 4.68 Å². The zero-order chi connectivity index (χ0) is 38.7. The van der Waals surface area contributed by atoms with Crippen LogP contribution in [0, 0.1) is 17.6 Å². The molecular weight excluding hydrogens is 750 g/mol. The van der Waals surface area contributed by atoms with Gasteiger partial charge in [0.25, 0.3) is 6.33 Å². The Labute approximate surface area is 328 Å². The van der Waals surface area contributed by atoms with Crippen molar-refractivity contribution in [3.05, 3.63) is 113 Å². The highest BCUT2D eigenvalue weighted by molar-refractivity contribution is 5.64. The second kappa shape index (κ2) is 17.2. The summed E-state index contributed by atoms with van der Waals surface area (Å²) < 4.78 is 47.2. The lowest BCUT2D eigenvalue weighted by atomic mass is 9.87. The third kappa shape index (κ3) is 8.72. The van der Waals surface area contributed by atoms with Crippen LogP contribution in [0.2, 0.25) is 0 Å². The molecule has 4 heterocycles. The second-order valence-electron chi connectivity index (χ2n) is 14.2. The van der Waals surface area contributed by atoms with Gasteiger partial charge in [0.15, 0.2) is 6.54 Å². The minimum atomic E-state index is -1.16. The van der Waals surface area contributed by atoms with Gasteiger partial charge in [0.2, 0.25) is 6.33 Å². The molecule has 7 rings (SSSR count). The Balaban J connectivity index is 0.00000532. The maximum absolute atomic E-state index is 15.1. The number of rotatable bonds is 14. The van der Waals surface area contributed by atoms with Crippen LogP contribution in [-0.2, 0) is 28.2 Å². The zero-order valence-corrected chi connectivity index (χ0v) is 31.9. The quantitative estimate of drug-likeness (QED) is 0.153. The Morgan fingerprint density at radius 1 is 1.00 bits per heavy atom. The molecule has 2 aromatic heterocycles. The van der Waals surface area contributed by atoms with Gasteiger partial charge < -0.3 is 41.9 Å². The Bertz CT molecular complexity index is 2150. The van der Waals surface area contributed by atoms with Crippen LogP contribution in [0.1, 0.15) is 38.3 Å². The van der Waals surface area contributed by atoms with Gasteiger partial charge in [-0.1, -0.05) is 13.0 Å². The summed E-state index contributed by atoms with van der Waals surface area (Å²) >= 11 is 0. The number of anilines is 2. The van der Waals surface area contributed by atoms with Gasteiger partial charge >= 0.3 is 11.7 Å². The Morgan fingerprint density at radius 3 is 2.25 bits per heavy atom. The minimum Gasteiger partial charge on any atom is -1.00 e. The van der Waals surface area contributed by atoms with Crippen LogP contribution in [0.5, 0.6) is 5.75 Å². The van der Waals surface area contributed by atoms with Crippen molar-refractivity contribution >= 4 is 17.3 Å². The maximum Gasteiger partial charge on any atom is 0.350 e. The van der Waals surface area contributed by atoms with Crippen LogP contribution in [0.15, 0.2) is 90.5 Å². The molecule has 0 bridgehead atoms. The average molecular weight is 795 g/mol. The summed E-state index contributed by atoms with van der Waals surface area (Å²) in [6, 6.07) is 18.8. The summed E-state index contributed by atoms with van der Waals surface area (Å²) in [7, 11) is 0. The molecule has 2 saturated heterocycles. The first-order valence-corrected chi connectivity index (χ1v) is 18.4. The number of aromatic nitrogens is 6. The first-order chi connectivity index (χ1) is 26.5. The molecule has 2 fully saturated rings. The smallest absolute Gasteiger partial charge is 0.350 e. The highest BCUT2D eigenvalue weighted by Crippen LogP contribution is 2.42. The molecule has 5 aromatic rings. The van der Waals surface area contributed by atoms with Gasteiger partial charge in [-0.2, -0.15) is 5.10 Å². The number of hydrogen-bond acceptors (Lipinski definition) is 9. The number of benzene rings is 3. The number of aliphatic carboxylic acids is 1. The number of piperazine rings is 1. The molecule has 2 aliphatic heterocycles. The molecule has 0 aliphatic carbocycles. The summed E-state index contributed by atoms with van der Waals surface area (Å²) in [5.41, 5.74) is 1.62. The zero-order valence-electron chi connectivity index (χ0n) is 31.1. The van der Waals surface area contributed by atoms with Crippen molar-refractivity contribution in [1.29, 1.82) is 0 Å². The largest absolute Gasteiger partial charge is 1.00 e. The minimum absolute atomic E-state index is 0. The van der Waals surface area contributed by atoms with E-state index in [0.717, 1.165) is 43.6 Å². The summed E-state index contributed by atoms with van der Waals surface area (Å²) in [6.07, 6.45) is 4.69. The van der Waals surface area contributed by atoms with Crippen LogP contribution in [-0.4, -0.2) is 85.8 Å². The standard InChI is InChI=1S/C39H44F2N8O6.ClH/c1-3-36(27(2)50)49-38(53)48(25-43-49)32-7-5-30(6-8-32)45-14-16-46(17-15-45)31-9-11-33(12-10-31)54-21-28-19-39(55-22-28,34-13-4-29(40)18-35(34)41)23-47-26-44(24-42-47)20-37(51)52;/h4-13,18,24-28,36,50H,3,14-17,19-23H2,1-2H3;1H/t27-,28+,36-,39-;/m0./s1. The third-order valence-corrected chi connectivity index (χ3v) is 10.4. The van der Waals surface area contributed by atoms with E-state index in [-0.39, 0.29) is 55.3 Å². The summed E-state index contributed by atoms with van der Waals surface area (Å²) in [6.45, 7) is 7.28. The number of hydrogen-bond donors (Lipinski definition) is 2. The van der Waals surface area contributed by atoms with Crippen LogP contribution < -0.4 is 37.2 Å². The molecule has 3 aromatic carbocycles. The molecule has 0 spiro atoms. The number of aliphatic hydroxyl groups is 1. The lowest BCUT2D eigenvalue weighted by Gasteiger charge is -2.37. The molecule has 4 atom stereocenters. The van der Waals surface area contributed by atoms with Crippen molar-refractivity contribution in [2.75, 3.05) is 49.2 Å². The molecule has 56 heavy (non-hydrogen) atoms.